The van der Waals surface area contributed by atoms with E-state index in [1.54, 1.807) is 6.07 Å². The van der Waals surface area contributed by atoms with E-state index in [1.807, 2.05) is 31.0 Å². The van der Waals surface area contributed by atoms with Gasteiger partial charge in [0.15, 0.2) is 0 Å². The van der Waals surface area contributed by atoms with Crippen LogP contribution in [0.2, 0.25) is 5.02 Å². The van der Waals surface area contributed by atoms with Crippen LogP contribution in [0.15, 0.2) is 18.2 Å². The first-order valence-electron chi connectivity index (χ1n) is 6.90. The minimum Gasteiger partial charge on any atom is -0.385 e. The number of hydrogen-bond acceptors (Lipinski definition) is 2. The van der Waals surface area contributed by atoms with Gasteiger partial charge in [-0.1, -0.05) is 18.0 Å². The van der Waals surface area contributed by atoms with Crippen LogP contribution in [0.1, 0.15) is 36.5 Å². The van der Waals surface area contributed by atoms with Gasteiger partial charge in [-0.3, -0.25) is 4.79 Å². The Hall–Kier alpha value is -1.22. The quantitative estimate of drug-likeness (QED) is 0.893. The van der Waals surface area contributed by atoms with E-state index in [0.717, 1.165) is 18.8 Å². The topological polar surface area (TPSA) is 32.3 Å². The molecule has 1 saturated carbocycles. The molecule has 1 amide bonds. The van der Waals surface area contributed by atoms with Crippen LogP contribution in [0.3, 0.4) is 0 Å². The van der Waals surface area contributed by atoms with Crippen LogP contribution < -0.4 is 5.32 Å². The molecule has 4 heteroatoms. The first-order valence-corrected chi connectivity index (χ1v) is 7.28. The molecule has 0 saturated heterocycles. The molecule has 0 aliphatic heterocycles. The zero-order chi connectivity index (χ0) is 13.8. The summed E-state index contributed by atoms with van der Waals surface area (Å²) < 4.78 is 0. The van der Waals surface area contributed by atoms with Crippen LogP contribution in [-0.4, -0.2) is 30.9 Å². The fourth-order valence-electron chi connectivity index (χ4n) is 2.39. The van der Waals surface area contributed by atoms with Crippen molar-refractivity contribution in [3.8, 4) is 0 Å². The number of benzene rings is 1. The standard InChI is InChI=1S/C15H21ClN2O/c1-3-17-14-8-7-12(16)9-13(14)15(19)18(2)10-11-5-4-6-11/h7-9,11,17H,3-6,10H2,1-2H3. The summed E-state index contributed by atoms with van der Waals surface area (Å²) in [6.45, 7) is 3.64. The van der Waals surface area contributed by atoms with Crippen LogP contribution in [0.25, 0.3) is 0 Å². The zero-order valence-corrected chi connectivity index (χ0v) is 12.3. The van der Waals surface area contributed by atoms with E-state index in [4.69, 9.17) is 11.6 Å². The Kier molecular flexibility index (Phi) is 4.70. The second kappa shape index (κ2) is 6.29. The number of halogens is 1. The summed E-state index contributed by atoms with van der Waals surface area (Å²) in [5.74, 6) is 0.723. The lowest BCUT2D eigenvalue weighted by atomic mass is 9.85. The van der Waals surface area contributed by atoms with Crippen molar-refractivity contribution >= 4 is 23.2 Å². The minimum absolute atomic E-state index is 0.0466. The van der Waals surface area contributed by atoms with Crippen molar-refractivity contribution in [3.63, 3.8) is 0 Å². The normalized spacial score (nSPS) is 14.9. The van der Waals surface area contributed by atoms with Crippen molar-refractivity contribution in [1.29, 1.82) is 0 Å². The van der Waals surface area contributed by atoms with E-state index in [0.29, 0.717) is 16.5 Å². The molecule has 0 radical (unpaired) electrons. The average Bonchev–Trinajstić information content (AvgIpc) is 2.35. The molecule has 0 atom stereocenters. The third-order valence-corrected chi connectivity index (χ3v) is 3.92. The number of nitrogens with one attached hydrogen (secondary N) is 1. The molecule has 1 N–H and O–H groups in total. The highest BCUT2D eigenvalue weighted by Gasteiger charge is 2.23. The summed E-state index contributed by atoms with van der Waals surface area (Å²) >= 11 is 6.01. The fourth-order valence-corrected chi connectivity index (χ4v) is 2.56. The molecule has 1 aliphatic rings. The summed E-state index contributed by atoms with van der Waals surface area (Å²) in [5, 5.41) is 3.81. The molecule has 104 valence electrons. The Bertz CT molecular complexity index is 457. The van der Waals surface area contributed by atoms with Gasteiger partial charge in [0.25, 0.3) is 5.91 Å². The highest BCUT2D eigenvalue weighted by Crippen LogP contribution is 2.28. The van der Waals surface area contributed by atoms with Crippen molar-refractivity contribution in [1.82, 2.24) is 4.90 Å². The van der Waals surface area contributed by atoms with Gasteiger partial charge < -0.3 is 10.2 Å². The maximum Gasteiger partial charge on any atom is 0.255 e. The summed E-state index contributed by atoms with van der Waals surface area (Å²) in [5.41, 5.74) is 1.52. The molecule has 0 unspecified atom stereocenters. The molecule has 1 fully saturated rings. The third-order valence-electron chi connectivity index (χ3n) is 3.68. The number of amides is 1. The third kappa shape index (κ3) is 3.41. The molecule has 1 aromatic rings. The van der Waals surface area contributed by atoms with Gasteiger partial charge in [-0.05, 0) is 43.9 Å². The maximum absolute atomic E-state index is 12.5. The van der Waals surface area contributed by atoms with E-state index in [1.165, 1.54) is 19.3 Å². The van der Waals surface area contributed by atoms with Crippen molar-refractivity contribution in [3.05, 3.63) is 28.8 Å². The van der Waals surface area contributed by atoms with Crippen LogP contribution in [0.5, 0.6) is 0 Å². The molecule has 1 aliphatic carbocycles. The monoisotopic (exact) mass is 280 g/mol. The number of anilines is 1. The highest BCUT2D eigenvalue weighted by atomic mass is 35.5. The van der Waals surface area contributed by atoms with E-state index in [9.17, 15) is 4.79 Å². The van der Waals surface area contributed by atoms with E-state index in [-0.39, 0.29) is 5.91 Å². The van der Waals surface area contributed by atoms with E-state index in [2.05, 4.69) is 5.32 Å². The molecule has 0 aromatic heterocycles. The molecule has 19 heavy (non-hydrogen) atoms. The van der Waals surface area contributed by atoms with Gasteiger partial charge in [0.05, 0.1) is 5.56 Å². The molecule has 2 rings (SSSR count). The fraction of sp³-hybridized carbons (Fsp3) is 0.533. The number of carbonyl (C=O) groups is 1. The van der Waals surface area contributed by atoms with Gasteiger partial charge >= 0.3 is 0 Å². The maximum atomic E-state index is 12.5. The van der Waals surface area contributed by atoms with E-state index < -0.39 is 0 Å². The van der Waals surface area contributed by atoms with Crippen LogP contribution in [0.4, 0.5) is 5.69 Å². The molecule has 0 heterocycles. The summed E-state index contributed by atoms with van der Waals surface area (Å²) in [6.07, 6.45) is 3.78. The smallest absolute Gasteiger partial charge is 0.255 e. The second-order valence-corrected chi connectivity index (χ2v) is 5.64. The van der Waals surface area contributed by atoms with Crippen LogP contribution in [0, 0.1) is 5.92 Å². The lowest BCUT2D eigenvalue weighted by Crippen LogP contribution is -2.34. The van der Waals surface area contributed by atoms with Crippen molar-refractivity contribution < 1.29 is 4.79 Å². The Morgan fingerprint density at radius 1 is 1.47 bits per heavy atom. The number of nitrogens with zero attached hydrogens (tertiary/aromatic N) is 1. The van der Waals surface area contributed by atoms with Crippen LogP contribution in [-0.2, 0) is 0 Å². The molecule has 1 aromatic carbocycles. The second-order valence-electron chi connectivity index (χ2n) is 5.20. The van der Waals surface area contributed by atoms with Crippen molar-refractivity contribution in [2.24, 2.45) is 5.92 Å². The predicted molar refractivity (Wildman–Crippen MR) is 79.9 cm³/mol. The molecule has 3 nitrogen and oxygen atoms in total. The zero-order valence-electron chi connectivity index (χ0n) is 11.6. The lowest BCUT2D eigenvalue weighted by molar-refractivity contribution is 0.0746. The summed E-state index contributed by atoms with van der Waals surface area (Å²) in [6, 6.07) is 5.43. The number of hydrogen-bond donors (Lipinski definition) is 1. The number of carbonyl (C=O) groups excluding carboxylic acids is 1. The summed E-state index contributed by atoms with van der Waals surface area (Å²) in [7, 11) is 1.87. The highest BCUT2D eigenvalue weighted by molar-refractivity contribution is 6.31. The van der Waals surface area contributed by atoms with Crippen LogP contribution >= 0.6 is 11.6 Å². The van der Waals surface area contributed by atoms with Gasteiger partial charge in [-0.15, -0.1) is 0 Å². The Morgan fingerprint density at radius 3 is 2.79 bits per heavy atom. The molecular formula is C15H21ClN2O. The Morgan fingerprint density at radius 2 is 2.21 bits per heavy atom. The first-order chi connectivity index (χ1) is 9.11. The first kappa shape index (κ1) is 14.2. The predicted octanol–water partition coefficient (Wildman–Crippen LogP) is 3.64. The van der Waals surface area contributed by atoms with Crippen molar-refractivity contribution in [2.45, 2.75) is 26.2 Å². The van der Waals surface area contributed by atoms with Gasteiger partial charge in [-0.25, -0.2) is 0 Å². The van der Waals surface area contributed by atoms with E-state index >= 15 is 0 Å². The van der Waals surface area contributed by atoms with Gasteiger partial charge in [0.1, 0.15) is 0 Å². The van der Waals surface area contributed by atoms with Crippen molar-refractivity contribution in [2.75, 3.05) is 25.5 Å². The molecule has 0 spiro atoms. The number of rotatable bonds is 5. The Labute approximate surface area is 119 Å². The molecule has 0 bridgehead atoms. The minimum atomic E-state index is 0.0466. The van der Waals surface area contributed by atoms with Gasteiger partial charge in [0, 0.05) is 30.8 Å². The Balaban J connectivity index is 2.13. The van der Waals surface area contributed by atoms with Gasteiger partial charge in [0.2, 0.25) is 0 Å². The SMILES string of the molecule is CCNc1ccc(Cl)cc1C(=O)N(C)CC1CCC1. The van der Waals surface area contributed by atoms with Gasteiger partial charge in [-0.2, -0.15) is 0 Å². The lowest BCUT2D eigenvalue weighted by Gasteiger charge is -2.30. The summed E-state index contributed by atoms with van der Waals surface area (Å²) in [4.78, 5) is 14.3. The molecular weight excluding hydrogens is 260 g/mol. The average molecular weight is 281 g/mol. The largest absolute Gasteiger partial charge is 0.385 e.